The number of rotatable bonds is 3. The third kappa shape index (κ3) is 3.07. The minimum absolute atomic E-state index is 0.0815. The van der Waals surface area contributed by atoms with Crippen LogP contribution in [0.2, 0.25) is 0 Å². The molecule has 0 aliphatic heterocycles. The number of hydrogen-bond acceptors (Lipinski definition) is 5. The highest BCUT2D eigenvalue weighted by Crippen LogP contribution is 2.28. The summed E-state index contributed by atoms with van der Waals surface area (Å²) in [6, 6.07) is 4.41. The predicted octanol–water partition coefficient (Wildman–Crippen LogP) is 3.24. The number of aryl methyl sites for hydroxylation is 1. The summed E-state index contributed by atoms with van der Waals surface area (Å²) in [5, 5.41) is 0. The van der Waals surface area contributed by atoms with E-state index in [4.69, 9.17) is 5.73 Å². The molecule has 0 aliphatic carbocycles. The average Bonchev–Trinajstić information content (AvgIpc) is 2.97. The Morgan fingerprint density at radius 1 is 1.00 bits per heavy atom. The maximum atomic E-state index is 14.2. The van der Waals surface area contributed by atoms with Gasteiger partial charge in [0.1, 0.15) is 29.1 Å². The number of benzene rings is 1. The van der Waals surface area contributed by atoms with Crippen molar-refractivity contribution in [3.05, 3.63) is 65.5 Å². The summed E-state index contributed by atoms with van der Waals surface area (Å²) in [6.45, 7) is 1.57. The van der Waals surface area contributed by atoms with Crippen LogP contribution in [0.25, 0.3) is 22.6 Å². The first kappa shape index (κ1) is 17.0. The molecule has 2 N–H and O–H groups in total. The van der Waals surface area contributed by atoms with Crippen LogP contribution in [0.3, 0.4) is 0 Å². The van der Waals surface area contributed by atoms with E-state index in [0.717, 1.165) is 24.4 Å². The Bertz CT molecular complexity index is 1170. The summed E-state index contributed by atoms with van der Waals surface area (Å²) >= 11 is 0. The Hall–Kier alpha value is -3.49. The van der Waals surface area contributed by atoms with Crippen LogP contribution in [0.5, 0.6) is 0 Å². The Kier molecular flexibility index (Phi) is 3.98. The standard InChI is InChI=1S/C18H13F3N6/c1-9-24-16(22)15-18(25-9)27(8-11-5-12(19)2-3-14(11)21)17(26-15)10-4-13(20)7-23-6-10/h2-7H,8H2,1H3,(H2,22,24,25). The van der Waals surface area contributed by atoms with Gasteiger partial charge in [0.15, 0.2) is 17.0 Å². The molecule has 3 aromatic heterocycles. The molecule has 1 aromatic carbocycles. The van der Waals surface area contributed by atoms with Crippen molar-refractivity contribution in [2.45, 2.75) is 13.5 Å². The lowest BCUT2D eigenvalue weighted by molar-refractivity contribution is 0.578. The zero-order valence-corrected chi connectivity index (χ0v) is 14.1. The van der Waals surface area contributed by atoms with Gasteiger partial charge in [-0.1, -0.05) is 0 Å². The molecule has 3 heterocycles. The molecule has 0 radical (unpaired) electrons. The average molecular weight is 370 g/mol. The third-order valence-corrected chi connectivity index (χ3v) is 4.03. The van der Waals surface area contributed by atoms with Crippen molar-refractivity contribution in [2.75, 3.05) is 5.73 Å². The predicted molar refractivity (Wildman–Crippen MR) is 93.1 cm³/mol. The van der Waals surface area contributed by atoms with Crippen molar-refractivity contribution in [1.29, 1.82) is 0 Å². The maximum Gasteiger partial charge on any atom is 0.166 e. The summed E-state index contributed by atoms with van der Waals surface area (Å²) in [7, 11) is 0. The molecule has 9 heteroatoms. The van der Waals surface area contributed by atoms with E-state index in [2.05, 4.69) is 19.9 Å². The smallest absolute Gasteiger partial charge is 0.166 e. The van der Waals surface area contributed by atoms with Crippen LogP contribution in [0.4, 0.5) is 19.0 Å². The number of hydrogen-bond donors (Lipinski definition) is 1. The molecule has 136 valence electrons. The van der Waals surface area contributed by atoms with E-state index in [1.54, 1.807) is 6.92 Å². The van der Waals surface area contributed by atoms with E-state index < -0.39 is 17.5 Å². The lowest BCUT2D eigenvalue weighted by Gasteiger charge is -2.10. The van der Waals surface area contributed by atoms with Gasteiger partial charge in [0.05, 0.1) is 12.7 Å². The van der Waals surface area contributed by atoms with Crippen LogP contribution in [0.1, 0.15) is 11.4 Å². The number of nitrogens with two attached hydrogens (primary N) is 1. The maximum absolute atomic E-state index is 14.2. The van der Waals surface area contributed by atoms with Gasteiger partial charge in [-0.25, -0.2) is 28.1 Å². The highest BCUT2D eigenvalue weighted by molar-refractivity contribution is 5.85. The molecule has 4 rings (SSSR count). The second-order valence-electron chi connectivity index (χ2n) is 5.98. The largest absolute Gasteiger partial charge is 0.382 e. The highest BCUT2D eigenvalue weighted by Gasteiger charge is 2.19. The third-order valence-electron chi connectivity index (χ3n) is 4.03. The SMILES string of the molecule is Cc1nc(N)c2nc(-c3cncc(F)c3)n(Cc3cc(F)ccc3F)c2n1. The minimum Gasteiger partial charge on any atom is -0.382 e. The van der Waals surface area contributed by atoms with Crippen LogP contribution in [0, 0.1) is 24.4 Å². The van der Waals surface area contributed by atoms with Crippen molar-refractivity contribution in [3.63, 3.8) is 0 Å². The van der Waals surface area contributed by atoms with Gasteiger partial charge in [0.2, 0.25) is 0 Å². The highest BCUT2D eigenvalue weighted by atomic mass is 19.1. The van der Waals surface area contributed by atoms with E-state index in [-0.39, 0.29) is 29.3 Å². The van der Waals surface area contributed by atoms with E-state index >= 15 is 0 Å². The number of pyridine rings is 1. The van der Waals surface area contributed by atoms with Crippen molar-refractivity contribution >= 4 is 17.0 Å². The van der Waals surface area contributed by atoms with Crippen molar-refractivity contribution in [2.24, 2.45) is 0 Å². The molecule has 0 atom stereocenters. The topological polar surface area (TPSA) is 82.5 Å². The van der Waals surface area contributed by atoms with Crippen molar-refractivity contribution < 1.29 is 13.2 Å². The number of nitrogens with zero attached hydrogens (tertiary/aromatic N) is 5. The number of fused-ring (bicyclic) bond motifs is 1. The van der Waals surface area contributed by atoms with Gasteiger partial charge in [-0.05, 0) is 31.2 Å². The second kappa shape index (κ2) is 6.35. The fourth-order valence-corrected chi connectivity index (χ4v) is 2.87. The first-order valence-electron chi connectivity index (χ1n) is 7.97. The van der Waals surface area contributed by atoms with Gasteiger partial charge < -0.3 is 10.3 Å². The first-order valence-corrected chi connectivity index (χ1v) is 7.97. The van der Waals surface area contributed by atoms with E-state index in [1.165, 1.54) is 16.8 Å². The molecule has 0 bridgehead atoms. The van der Waals surface area contributed by atoms with E-state index in [9.17, 15) is 13.2 Å². The molecule has 0 saturated heterocycles. The zero-order chi connectivity index (χ0) is 19.1. The molecule has 27 heavy (non-hydrogen) atoms. The fourth-order valence-electron chi connectivity index (χ4n) is 2.87. The molecule has 0 fully saturated rings. The monoisotopic (exact) mass is 370 g/mol. The molecule has 0 saturated carbocycles. The Morgan fingerprint density at radius 3 is 2.59 bits per heavy atom. The number of aromatic nitrogens is 5. The van der Waals surface area contributed by atoms with Gasteiger partial charge in [0.25, 0.3) is 0 Å². The fraction of sp³-hybridized carbons (Fsp3) is 0.111. The van der Waals surface area contributed by atoms with Crippen LogP contribution in [-0.4, -0.2) is 24.5 Å². The summed E-state index contributed by atoms with van der Waals surface area (Å²) in [5.41, 5.74) is 7.01. The van der Waals surface area contributed by atoms with E-state index in [0.29, 0.717) is 17.0 Å². The van der Waals surface area contributed by atoms with Crippen LogP contribution < -0.4 is 5.73 Å². The molecule has 0 amide bonds. The molecular weight excluding hydrogens is 357 g/mol. The van der Waals surface area contributed by atoms with Gasteiger partial charge in [0, 0.05) is 17.3 Å². The normalized spacial score (nSPS) is 11.3. The lowest BCUT2D eigenvalue weighted by Crippen LogP contribution is -2.07. The summed E-state index contributed by atoms with van der Waals surface area (Å²) < 4.78 is 43.0. The van der Waals surface area contributed by atoms with Gasteiger partial charge in [-0.3, -0.25) is 4.98 Å². The number of halogens is 3. The Balaban J connectivity index is 1.98. The zero-order valence-electron chi connectivity index (χ0n) is 14.1. The molecule has 0 aliphatic rings. The molecular formula is C18H13F3N6. The van der Waals surface area contributed by atoms with Gasteiger partial charge >= 0.3 is 0 Å². The molecule has 0 unspecified atom stereocenters. The quantitative estimate of drug-likeness (QED) is 0.599. The van der Waals surface area contributed by atoms with Crippen molar-refractivity contribution in [1.82, 2.24) is 24.5 Å². The van der Waals surface area contributed by atoms with Crippen molar-refractivity contribution in [3.8, 4) is 11.4 Å². The summed E-state index contributed by atoms with van der Waals surface area (Å²) in [5.74, 6) is -0.910. The summed E-state index contributed by atoms with van der Waals surface area (Å²) in [6.07, 6.45) is 2.47. The van der Waals surface area contributed by atoms with Crippen LogP contribution >= 0.6 is 0 Å². The Labute approximate surface area is 151 Å². The number of imidazole rings is 1. The van der Waals surface area contributed by atoms with Crippen LogP contribution in [-0.2, 0) is 6.54 Å². The molecule has 6 nitrogen and oxygen atoms in total. The number of nitrogen functional groups attached to an aromatic ring is 1. The molecule has 4 aromatic rings. The van der Waals surface area contributed by atoms with Crippen LogP contribution in [0.15, 0.2) is 36.7 Å². The molecule has 0 spiro atoms. The van der Waals surface area contributed by atoms with E-state index in [1.807, 2.05) is 0 Å². The lowest BCUT2D eigenvalue weighted by atomic mass is 10.2. The van der Waals surface area contributed by atoms with Gasteiger partial charge in [-0.15, -0.1) is 0 Å². The Morgan fingerprint density at radius 2 is 1.81 bits per heavy atom. The summed E-state index contributed by atoms with van der Waals surface area (Å²) in [4.78, 5) is 16.6. The second-order valence-corrected chi connectivity index (χ2v) is 5.98. The number of anilines is 1. The first-order chi connectivity index (χ1) is 12.9. The minimum atomic E-state index is -0.583. The van der Waals surface area contributed by atoms with Gasteiger partial charge in [-0.2, -0.15) is 0 Å².